The van der Waals surface area contributed by atoms with Crippen molar-refractivity contribution in [3.8, 4) is 11.5 Å². The van der Waals surface area contributed by atoms with E-state index < -0.39 is 0 Å². The number of nitrogens with one attached hydrogen (secondary N) is 1. The standard InChI is InChI=1S/C18H22ClN5O2/c1-3-11(9-25)6-7-21-16-14(15(19)23-18(20)24-16)17-22-12-5-4-10(2)8-13(12)26-17/h4-5,8,11,25H,3,6-7,9H2,1-2H3,(H3,20,21,23,24)/t11-/m0/s1. The van der Waals surface area contributed by atoms with Gasteiger partial charge in [-0.25, -0.2) is 9.97 Å². The Bertz CT molecular complexity index is 908. The summed E-state index contributed by atoms with van der Waals surface area (Å²) in [5, 5.41) is 12.7. The highest BCUT2D eigenvalue weighted by molar-refractivity contribution is 6.32. The van der Waals surface area contributed by atoms with Crippen molar-refractivity contribution in [3.05, 3.63) is 28.9 Å². The third kappa shape index (κ3) is 3.89. The molecule has 8 heteroatoms. The number of anilines is 2. The molecule has 26 heavy (non-hydrogen) atoms. The van der Waals surface area contributed by atoms with E-state index in [1.54, 1.807) is 0 Å². The molecule has 0 aliphatic heterocycles. The maximum absolute atomic E-state index is 9.33. The second-order valence-electron chi connectivity index (χ2n) is 6.26. The zero-order valence-corrected chi connectivity index (χ0v) is 15.5. The molecule has 1 atom stereocenters. The summed E-state index contributed by atoms with van der Waals surface area (Å²) in [6, 6.07) is 5.77. The summed E-state index contributed by atoms with van der Waals surface area (Å²) in [5.41, 5.74) is 8.71. The second kappa shape index (κ2) is 7.88. The molecule has 3 aromatic rings. The van der Waals surface area contributed by atoms with E-state index in [-0.39, 0.29) is 23.6 Å². The Labute approximate surface area is 156 Å². The van der Waals surface area contributed by atoms with E-state index in [4.69, 9.17) is 21.8 Å². The lowest BCUT2D eigenvalue weighted by atomic mass is 10.0. The minimum absolute atomic E-state index is 0.0717. The SMILES string of the molecule is CC[C@H](CO)CCNc1nc(N)nc(Cl)c1-c1nc2ccc(C)cc2o1. The van der Waals surface area contributed by atoms with Crippen LogP contribution in [0.5, 0.6) is 0 Å². The van der Waals surface area contributed by atoms with Crippen molar-refractivity contribution >= 4 is 34.5 Å². The van der Waals surface area contributed by atoms with Gasteiger partial charge < -0.3 is 20.6 Å². The molecule has 0 radical (unpaired) electrons. The monoisotopic (exact) mass is 375 g/mol. The van der Waals surface area contributed by atoms with Crippen LogP contribution in [0.15, 0.2) is 22.6 Å². The normalized spacial score (nSPS) is 12.5. The molecule has 0 bridgehead atoms. The number of benzene rings is 1. The van der Waals surface area contributed by atoms with Crippen molar-refractivity contribution in [2.45, 2.75) is 26.7 Å². The van der Waals surface area contributed by atoms with Crippen LogP contribution in [0.4, 0.5) is 11.8 Å². The van der Waals surface area contributed by atoms with Gasteiger partial charge in [0.15, 0.2) is 5.58 Å². The molecule has 2 aromatic heterocycles. The number of rotatable bonds is 7. The van der Waals surface area contributed by atoms with Gasteiger partial charge in [-0.3, -0.25) is 0 Å². The Balaban J connectivity index is 1.94. The molecule has 2 heterocycles. The van der Waals surface area contributed by atoms with Gasteiger partial charge in [0.1, 0.15) is 22.1 Å². The maximum atomic E-state index is 9.33. The van der Waals surface area contributed by atoms with Crippen LogP contribution in [0.2, 0.25) is 5.15 Å². The lowest BCUT2D eigenvalue weighted by molar-refractivity contribution is 0.217. The predicted octanol–water partition coefficient (Wildman–Crippen LogP) is 3.65. The molecule has 3 rings (SSSR count). The van der Waals surface area contributed by atoms with Crippen molar-refractivity contribution in [1.82, 2.24) is 15.0 Å². The summed E-state index contributed by atoms with van der Waals surface area (Å²) in [6.07, 6.45) is 1.70. The fraction of sp³-hybridized carbons (Fsp3) is 0.389. The van der Waals surface area contributed by atoms with Crippen LogP contribution in [-0.2, 0) is 0 Å². The van der Waals surface area contributed by atoms with Crippen molar-refractivity contribution < 1.29 is 9.52 Å². The number of nitrogen functional groups attached to an aromatic ring is 1. The van der Waals surface area contributed by atoms with Gasteiger partial charge in [0, 0.05) is 13.2 Å². The third-order valence-electron chi connectivity index (χ3n) is 4.32. The number of oxazole rings is 1. The number of hydrogen-bond donors (Lipinski definition) is 3. The van der Waals surface area contributed by atoms with Gasteiger partial charge in [-0.05, 0) is 37.0 Å². The van der Waals surface area contributed by atoms with Crippen LogP contribution in [-0.4, -0.2) is 33.2 Å². The molecule has 0 saturated heterocycles. The van der Waals surface area contributed by atoms with Crippen LogP contribution < -0.4 is 11.1 Å². The van der Waals surface area contributed by atoms with Crippen molar-refractivity contribution in [1.29, 1.82) is 0 Å². The van der Waals surface area contributed by atoms with Gasteiger partial charge in [0.05, 0.1) is 0 Å². The van der Waals surface area contributed by atoms with E-state index in [9.17, 15) is 5.11 Å². The number of hydrogen-bond acceptors (Lipinski definition) is 7. The first-order chi connectivity index (χ1) is 12.5. The molecule has 138 valence electrons. The third-order valence-corrected chi connectivity index (χ3v) is 4.59. The number of halogens is 1. The topological polar surface area (TPSA) is 110 Å². The molecule has 1 aromatic carbocycles. The van der Waals surface area contributed by atoms with Crippen LogP contribution >= 0.6 is 11.6 Å². The quantitative estimate of drug-likeness (QED) is 0.540. The zero-order valence-electron chi connectivity index (χ0n) is 14.8. The average molecular weight is 376 g/mol. The average Bonchev–Trinajstić information content (AvgIpc) is 3.00. The maximum Gasteiger partial charge on any atom is 0.234 e. The number of nitrogens with zero attached hydrogens (tertiary/aromatic N) is 3. The molecular formula is C18H22ClN5O2. The Morgan fingerprint density at radius 3 is 2.85 bits per heavy atom. The fourth-order valence-electron chi connectivity index (χ4n) is 2.73. The highest BCUT2D eigenvalue weighted by Crippen LogP contribution is 2.34. The number of aryl methyl sites for hydroxylation is 1. The number of aliphatic hydroxyl groups excluding tert-OH is 1. The van der Waals surface area contributed by atoms with E-state index >= 15 is 0 Å². The molecule has 0 aliphatic rings. The van der Waals surface area contributed by atoms with Crippen molar-refractivity contribution in [3.63, 3.8) is 0 Å². The Morgan fingerprint density at radius 1 is 1.31 bits per heavy atom. The van der Waals surface area contributed by atoms with E-state index in [1.807, 2.05) is 32.0 Å². The first kappa shape index (κ1) is 18.4. The summed E-state index contributed by atoms with van der Waals surface area (Å²) < 4.78 is 5.87. The lowest BCUT2D eigenvalue weighted by Crippen LogP contribution is -2.14. The number of aliphatic hydroxyl groups is 1. The highest BCUT2D eigenvalue weighted by atomic mass is 35.5. The summed E-state index contributed by atoms with van der Waals surface area (Å²) in [5.74, 6) is 1.11. The van der Waals surface area contributed by atoms with E-state index in [0.29, 0.717) is 29.4 Å². The molecule has 0 aliphatic carbocycles. The van der Waals surface area contributed by atoms with Crippen LogP contribution in [0.3, 0.4) is 0 Å². The lowest BCUT2D eigenvalue weighted by Gasteiger charge is -2.14. The van der Waals surface area contributed by atoms with Crippen LogP contribution in [0.25, 0.3) is 22.6 Å². The smallest absolute Gasteiger partial charge is 0.234 e. The van der Waals surface area contributed by atoms with Gasteiger partial charge in [-0.2, -0.15) is 4.98 Å². The minimum atomic E-state index is 0.0717. The van der Waals surface area contributed by atoms with Gasteiger partial charge in [-0.1, -0.05) is 31.0 Å². The van der Waals surface area contributed by atoms with E-state index in [2.05, 4.69) is 20.3 Å². The molecule has 4 N–H and O–H groups in total. The van der Waals surface area contributed by atoms with Crippen molar-refractivity contribution in [2.24, 2.45) is 5.92 Å². The minimum Gasteiger partial charge on any atom is -0.436 e. The number of aromatic nitrogens is 3. The van der Waals surface area contributed by atoms with Crippen LogP contribution in [0, 0.1) is 12.8 Å². The second-order valence-corrected chi connectivity index (χ2v) is 6.62. The Morgan fingerprint density at radius 2 is 2.12 bits per heavy atom. The molecule has 0 unspecified atom stereocenters. The highest BCUT2D eigenvalue weighted by Gasteiger charge is 2.20. The largest absolute Gasteiger partial charge is 0.436 e. The van der Waals surface area contributed by atoms with Gasteiger partial charge >= 0.3 is 0 Å². The molecular weight excluding hydrogens is 354 g/mol. The van der Waals surface area contributed by atoms with Crippen LogP contribution in [0.1, 0.15) is 25.3 Å². The molecule has 0 saturated carbocycles. The van der Waals surface area contributed by atoms with E-state index in [1.165, 1.54) is 0 Å². The summed E-state index contributed by atoms with van der Waals surface area (Å²) in [6.45, 7) is 4.80. The predicted molar refractivity (Wildman–Crippen MR) is 103 cm³/mol. The van der Waals surface area contributed by atoms with Gasteiger partial charge in [-0.15, -0.1) is 0 Å². The first-order valence-corrected chi connectivity index (χ1v) is 8.95. The molecule has 7 nitrogen and oxygen atoms in total. The zero-order chi connectivity index (χ0) is 18.7. The first-order valence-electron chi connectivity index (χ1n) is 8.57. The van der Waals surface area contributed by atoms with Crippen molar-refractivity contribution in [2.75, 3.05) is 24.2 Å². The molecule has 0 fully saturated rings. The molecule has 0 amide bonds. The summed E-state index contributed by atoms with van der Waals surface area (Å²) in [4.78, 5) is 12.8. The van der Waals surface area contributed by atoms with Gasteiger partial charge in [0.25, 0.3) is 0 Å². The summed E-state index contributed by atoms with van der Waals surface area (Å²) in [7, 11) is 0. The van der Waals surface area contributed by atoms with E-state index in [0.717, 1.165) is 23.9 Å². The Kier molecular flexibility index (Phi) is 5.58. The van der Waals surface area contributed by atoms with Gasteiger partial charge in [0.2, 0.25) is 11.8 Å². The number of nitrogens with two attached hydrogens (primary N) is 1. The summed E-state index contributed by atoms with van der Waals surface area (Å²) >= 11 is 6.31. The fourth-order valence-corrected chi connectivity index (χ4v) is 2.98. The molecule has 0 spiro atoms. The number of fused-ring (bicyclic) bond motifs is 1. The Hall–Kier alpha value is -2.38.